The largest absolute Gasteiger partial charge is 0.477 e. The Morgan fingerprint density at radius 3 is 2.69 bits per heavy atom. The molecular formula is C27H28N2O3S3. The predicted molar refractivity (Wildman–Crippen MR) is 146 cm³/mol. The van der Waals surface area contributed by atoms with Crippen molar-refractivity contribution in [3.05, 3.63) is 79.2 Å². The van der Waals surface area contributed by atoms with Crippen molar-refractivity contribution in [2.24, 2.45) is 0 Å². The van der Waals surface area contributed by atoms with Gasteiger partial charge < -0.3 is 5.11 Å². The molecule has 0 spiro atoms. The number of carbonyl (C=O) groups excluding carboxylic acids is 1. The molecule has 0 aliphatic carbocycles. The topological polar surface area (TPSA) is 60.9 Å². The number of rotatable bonds is 9. The fraction of sp³-hybridized carbons (Fsp3) is 0.333. The lowest BCUT2D eigenvalue weighted by Crippen LogP contribution is -2.50. The van der Waals surface area contributed by atoms with E-state index in [9.17, 15) is 9.59 Å². The second-order valence-corrected chi connectivity index (χ2v) is 11.7. The first-order chi connectivity index (χ1) is 17.0. The molecule has 5 nitrogen and oxygen atoms in total. The van der Waals surface area contributed by atoms with E-state index in [4.69, 9.17) is 5.11 Å². The number of benzene rings is 1. The maximum atomic E-state index is 12.5. The number of carboxylic acids is 1. The summed E-state index contributed by atoms with van der Waals surface area (Å²) in [5.74, 6) is 6.42. The number of thiophene rings is 2. The van der Waals surface area contributed by atoms with Gasteiger partial charge in [-0.1, -0.05) is 35.7 Å². The van der Waals surface area contributed by atoms with Crippen LogP contribution < -0.4 is 0 Å². The Kier molecular flexibility index (Phi) is 9.05. The molecule has 0 unspecified atom stereocenters. The summed E-state index contributed by atoms with van der Waals surface area (Å²) in [5.41, 5.74) is 3.39. The fourth-order valence-electron chi connectivity index (χ4n) is 3.94. The van der Waals surface area contributed by atoms with Gasteiger partial charge >= 0.3 is 5.97 Å². The van der Waals surface area contributed by atoms with Gasteiger partial charge in [0.15, 0.2) is 0 Å². The molecule has 1 aromatic carbocycles. The summed E-state index contributed by atoms with van der Waals surface area (Å²) in [4.78, 5) is 26.3. The summed E-state index contributed by atoms with van der Waals surface area (Å²) in [6, 6.07) is 14.0. The van der Waals surface area contributed by atoms with Crippen molar-refractivity contribution in [1.29, 1.82) is 0 Å². The lowest BCUT2D eigenvalue weighted by atomic mass is 10.1. The zero-order valence-corrected chi connectivity index (χ0v) is 22.1. The van der Waals surface area contributed by atoms with Gasteiger partial charge in [0.1, 0.15) is 4.88 Å². The van der Waals surface area contributed by atoms with E-state index in [2.05, 4.69) is 59.5 Å². The molecule has 0 bridgehead atoms. The second-order valence-electron chi connectivity index (χ2n) is 8.37. The molecule has 1 amide bonds. The summed E-state index contributed by atoms with van der Waals surface area (Å²) in [5, 5.41) is 15.3. The molecule has 8 heteroatoms. The molecule has 1 N–H and O–H groups in total. The molecule has 1 aliphatic rings. The number of nitrogens with zero attached hydrogens (tertiary/aromatic N) is 2. The van der Waals surface area contributed by atoms with Crippen molar-refractivity contribution in [3.8, 4) is 11.8 Å². The van der Waals surface area contributed by atoms with E-state index < -0.39 is 5.97 Å². The first-order valence-corrected chi connectivity index (χ1v) is 14.3. The van der Waals surface area contributed by atoms with Crippen LogP contribution in [0.5, 0.6) is 0 Å². The van der Waals surface area contributed by atoms with Crippen molar-refractivity contribution in [2.45, 2.75) is 32.6 Å². The summed E-state index contributed by atoms with van der Waals surface area (Å²) in [6.45, 7) is 4.37. The Morgan fingerprint density at radius 1 is 1.06 bits per heavy atom. The number of hydrazine groups is 1. The van der Waals surface area contributed by atoms with E-state index in [1.54, 1.807) is 17.4 Å². The standard InChI is InChI=1S/C27H28N2O3S3/c1-20-17-23(19-34-20)9-8-22-7-4-6-21(18-22)5-2-3-13-28-15-16-33-27(32)29(28)14-12-24-10-11-25(35-24)26(30)31/h4,6-7,10-11,17-19H,2-3,5,12-16H2,1H3,(H,30,31). The number of aryl methyl sites for hydroxylation is 2. The van der Waals surface area contributed by atoms with Crippen LogP contribution in [0.15, 0.2) is 47.8 Å². The van der Waals surface area contributed by atoms with Gasteiger partial charge in [0, 0.05) is 58.1 Å². The lowest BCUT2D eigenvalue weighted by molar-refractivity contribution is 0.0270. The van der Waals surface area contributed by atoms with E-state index in [-0.39, 0.29) is 5.24 Å². The third-order valence-corrected chi connectivity index (χ3v) is 8.55. The molecule has 2 aromatic heterocycles. The number of carboxylic acid groups (broad SMARTS) is 1. The van der Waals surface area contributed by atoms with Crippen molar-refractivity contribution < 1.29 is 14.7 Å². The molecule has 35 heavy (non-hydrogen) atoms. The Hall–Kier alpha value is -2.57. The molecule has 0 saturated carbocycles. The zero-order chi connectivity index (χ0) is 24.6. The minimum Gasteiger partial charge on any atom is -0.477 e. The number of aromatic carboxylic acids is 1. The number of carbonyl (C=O) groups is 2. The number of unbranched alkanes of at least 4 members (excludes halogenated alkanes) is 1. The second kappa shape index (κ2) is 12.4. The predicted octanol–water partition coefficient (Wildman–Crippen LogP) is 6.17. The monoisotopic (exact) mass is 524 g/mol. The van der Waals surface area contributed by atoms with E-state index in [0.29, 0.717) is 17.8 Å². The molecule has 1 aliphatic heterocycles. The first kappa shape index (κ1) is 25.5. The van der Waals surface area contributed by atoms with E-state index in [1.165, 1.54) is 33.5 Å². The highest BCUT2D eigenvalue weighted by atomic mass is 32.2. The van der Waals surface area contributed by atoms with E-state index in [0.717, 1.165) is 54.1 Å². The maximum absolute atomic E-state index is 12.5. The van der Waals surface area contributed by atoms with Crippen molar-refractivity contribution in [3.63, 3.8) is 0 Å². The van der Waals surface area contributed by atoms with E-state index in [1.807, 2.05) is 11.1 Å². The molecule has 4 rings (SSSR count). The summed E-state index contributed by atoms with van der Waals surface area (Å²) in [6.07, 6.45) is 3.69. The van der Waals surface area contributed by atoms with Crippen LogP contribution in [0.4, 0.5) is 4.79 Å². The van der Waals surface area contributed by atoms with Crippen LogP contribution in [-0.4, -0.2) is 51.7 Å². The van der Waals surface area contributed by atoms with Gasteiger partial charge in [-0.05, 0) is 62.1 Å². The average molecular weight is 525 g/mol. The van der Waals surface area contributed by atoms with Gasteiger partial charge in [-0.3, -0.25) is 9.80 Å². The summed E-state index contributed by atoms with van der Waals surface area (Å²) in [7, 11) is 0. The summed E-state index contributed by atoms with van der Waals surface area (Å²) < 4.78 is 0. The normalized spacial score (nSPS) is 14.1. The fourth-order valence-corrected chi connectivity index (χ4v) is 6.24. The molecule has 1 saturated heterocycles. The minimum absolute atomic E-state index is 0.0818. The third kappa shape index (κ3) is 7.45. The van der Waals surface area contributed by atoms with Crippen LogP contribution in [-0.2, 0) is 12.8 Å². The van der Waals surface area contributed by atoms with Gasteiger partial charge in [-0.15, -0.1) is 22.7 Å². The van der Waals surface area contributed by atoms with Crippen LogP contribution >= 0.6 is 34.4 Å². The van der Waals surface area contributed by atoms with Crippen LogP contribution in [0.1, 0.15) is 49.0 Å². The van der Waals surface area contributed by atoms with Crippen LogP contribution in [0.3, 0.4) is 0 Å². The van der Waals surface area contributed by atoms with Crippen molar-refractivity contribution >= 4 is 45.6 Å². The Bertz CT molecular complexity index is 1240. The SMILES string of the molecule is Cc1cc(C#Cc2cccc(CCCCN3CCSC(=O)N3CCc3ccc(C(=O)O)s3)c2)cs1. The highest BCUT2D eigenvalue weighted by Gasteiger charge is 2.26. The quantitative estimate of drug-likeness (QED) is 0.268. The average Bonchev–Trinajstić information content (AvgIpc) is 3.49. The Labute approximate surface area is 218 Å². The zero-order valence-electron chi connectivity index (χ0n) is 19.7. The Balaban J connectivity index is 1.26. The van der Waals surface area contributed by atoms with Gasteiger partial charge in [-0.2, -0.15) is 0 Å². The number of amides is 1. The van der Waals surface area contributed by atoms with Gasteiger partial charge in [0.05, 0.1) is 0 Å². The molecule has 3 heterocycles. The highest BCUT2D eigenvalue weighted by Crippen LogP contribution is 2.22. The number of hydrogen-bond acceptors (Lipinski definition) is 6. The van der Waals surface area contributed by atoms with Gasteiger partial charge in [0.25, 0.3) is 5.24 Å². The minimum atomic E-state index is -0.900. The van der Waals surface area contributed by atoms with Crippen molar-refractivity contribution in [1.82, 2.24) is 10.0 Å². The van der Waals surface area contributed by atoms with Crippen LogP contribution in [0, 0.1) is 18.8 Å². The highest BCUT2D eigenvalue weighted by molar-refractivity contribution is 8.13. The van der Waals surface area contributed by atoms with Gasteiger partial charge in [0.2, 0.25) is 0 Å². The van der Waals surface area contributed by atoms with Crippen molar-refractivity contribution in [2.75, 3.05) is 25.4 Å². The maximum Gasteiger partial charge on any atom is 0.345 e. The van der Waals surface area contributed by atoms with Crippen LogP contribution in [0.2, 0.25) is 0 Å². The number of hydrogen-bond donors (Lipinski definition) is 1. The molecule has 0 radical (unpaired) electrons. The summed E-state index contributed by atoms with van der Waals surface area (Å²) >= 11 is 4.36. The lowest BCUT2D eigenvalue weighted by Gasteiger charge is -2.38. The van der Waals surface area contributed by atoms with Gasteiger partial charge in [-0.25, -0.2) is 9.80 Å². The van der Waals surface area contributed by atoms with E-state index >= 15 is 0 Å². The molecule has 0 atom stereocenters. The van der Waals surface area contributed by atoms with Crippen LogP contribution in [0.25, 0.3) is 0 Å². The molecule has 3 aromatic rings. The first-order valence-electron chi connectivity index (χ1n) is 11.7. The number of thioether (sulfide) groups is 1. The Morgan fingerprint density at radius 2 is 1.91 bits per heavy atom. The molecule has 1 fully saturated rings. The molecule has 182 valence electrons. The molecular weight excluding hydrogens is 497 g/mol. The smallest absolute Gasteiger partial charge is 0.345 e. The third-order valence-electron chi connectivity index (χ3n) is 5.71.